The Kier molecular flexibility index (Phi) is 6.31. The molecule has 9 heteroatoms. The van der Waals surface area contributed by atoms with Gasteiger partial charge in [-0.1, -0.05) is 17.8 Å². The summed E-state index contributed by atoms with van der Waals surface area (Å²) in [4.78, 5) is 27.1. The van der Waals surface area contributed by atoms with Gasteiger partial charge in [-0.25, -0.2) is 0 Å². The van der Waals surface area contributed by atoms with Gasteiger partial charge in [0, 0.05) is 13.1 Å². The normalized spacial score (nSPS) is 16.5. The monoisotopic (exact) mass is 395 g/mol. The highest BCUT2D eigenvalue weighted by atomic mass is 32.2. The minimum absolute atomic E-state index is 0.0215. The minimum Gasteiger partial charge on any atom is -0.466 e. The molecule has 0 spiro atoms. The first-order chi connectivity index (χ1) is 12.6. The third-order valence-corrected chi connectivity index (χ3v) is 5.97. The van der Waals surface area contributed by atoms with E-state index in [-0.39, 0.29) is 23.0 Å². The molecule has 0 saturated carbocycles. The van der Waals surface area contributed by atoms with Crippen LogP contribution in [0.15, 0.2) is 27.2 Å². The van der Waals surface area contributed by atoms with Gasteiger partial charge in [-0.2, -0.15) is 0 Å². The summed E-state index contributed by atoms with van der Waals surface area (Å²) in [5, 5.41) is 10.0. The van der Waals surface area contributed by atoms with Gasteiger partial charge in [-0.3, -0.25) is 9.59 Å². The Morgan fingerprint density at radius 3 is 2.85 bits per heavy atom. The molecule has 0 bridgehead atoms. The maximum Gasteiger partial charge on any atom is 0.309 e. The van der Waals surface area contributed by atoms with E-state index in [1.165, 1.54) is 23.1 Å². The van der Waals surface area contributed by atoms with E-state index in [2.05, 4.69) is 10.2 Å². The number of thioether (sulfide) groups is 1. The molecule has 3 heterocycles. The highest BCUT2D eigenvalue weighted by Gasteiger charge is 2.31. The molecule has 1 saturated heterocycles. The molecule has 0 radical (unpaired) electrons. The second-order valence-electron chi connectivity index (χ2n) is 5.96. The molecule has 1 fully saturated rings. The van der Waals surface area contributed by atoms with Gasteiger partial charge in [0.2, 0.25) is 5.91 Å². The van der Waals surface area contributed by atoms with Crippen LogP contribution >= 0.6 is 23.1 Å². The molecular weight excluding hydrogens is 374 g/mol. The van der Waals surface area contributed by atoms with Crippen LogP contribution in [0.2, 0.25) is 0 Å². The van der Waals surface area contributed by atoms with Crippen molar-refractivity contribution in [3.8, 4) is 10.8 Å². The van der Waals surface area contributed by atoms with Crippen LogP contribution in [0.5, 0.6) is 0 Å². The van der Waals surface area contributed by atoms with E-state index < -0.39 is 0 Å². The molecule has 1 atom stereocenters. The van der Waals surface area contributed by atoms with Crippen LogP contribution in [0, 0.1) is 5.92 Å². The number of hydrogen-bond donors (Lipinski definition) is 0. The number of rotatable bonds is 6. The van der Waals surface area contributed by atoms with Crippen LogP contribution < -0.4 is 0 Å². The Labute approximate surface area is 160 Å². The van der Waals surface area contributed by atoms with Crippen molar-refractivity contribution in [2.24, 2.45) is 5.92 Å². The predicted molar refractivity (Wildman–Crippen MR) is 98.9 cm³/mol. The average Bonchev–Trinajstić information content (AvgIpc) is 3.33. The zero-order chi connectivity index (χ0) is 18.5. The third kappa shape index (κ3) is 4.45. The molecule has 0 aromatic carbocycles. The summed E-state index contributed by atoms with van der Waals surface area (Å²) in [6, 6.07) is 3.83. The van der Waals surface area contributed by atoms with Gasteiger partial charge in [0.25, 0.3) is 11.1 Å². The minimum atomic E-state index is -0.328. The lowest BCUT2D eigenvalue weighted by Crippen LogP contribution is -2.43. The Morgan fingerprint density at radius 1 is 1.42 bits per heavy atom. The molecule has 1 aliphatic rings. The quantitative estimate of drug-likeness (QED) is 0.549. The van der Waals surface area contributed by atoms with E-state index in [1.54, 1.807) is 11.8 Å². The van der Waals surface area contributed by atoms with Crippen molar-refractivity contribution in [3.05, 3.63) is 17.5 Å². The largest absolute Gasteiger partial charge is 0.466 e. The van der Waals surface area contributed by atoms with E-state index in [9.17, 15) is 9.59 Å². The summed E-state index contributed by atoms with van der Waals surface area (Å²) in [5.41, 5.74) is 0. The second kappa shape index (κ2) is 8.68. The summed E-state index contributed by atoms with van der Waals surface area (Å²) in [5.74, 6) is 0.228. The molecule has 7 nitrogen and oxygen atoms in total. The highest BCUT2D eigenvalue weighted by Crippen LogP contribution is 2.29. The Morgan fingerprint density at radius 2 is 2.19 bits per heavy atom. The van der Waals surface area contributed by atoms with Crippen LogP contribution in [-0.2, 0) is 14.3 Å². The van der Waals surface area contributed by atoms with Crippen molar-refractivity contribution in [3.63, 3.8) is 0 Å². The number of ether oxygens (including phenoxy) is 1. The number of aromatic nitrogens is 2. The molecule has 3 rings (SSSR count). The molecule has 26 heavy (non-hydrogen) atoms. The molecule has 0 N–H and O–H groups in total. The number of piperidine rings is 1. The van der Waals surface area contributed by atoms with E-state index in [1.807, 2.05) is 24.4 Å². The number of carbonyl (C=O) groups is 2. The number of carbonyl (C=O) groups excluding carboxylic acids is 2. The summed E-state index contributed by atoms with van der Waals surface area (Å²) in [7, 11) is 0. The van der Waals surface area contributed by atoms with Gasteiger partial charge >= 0.3 is 5.97 Å². The maximum atomic E-state index is 12.6. The van der Waals surface area contributed by atoms with Gasteiger partial charge in [0.15, 0.2) is 0 Å². The van der Waals surface area contributed by atoms with E-state index in [4.69, 9.17) is 9.15 Å². The van der Waals surface area contributed by atoms with Crippen molar-refractivity contribution in [1.29, 1.82) is 0 Å². The zero-order valence-electron chi connectivity index (χ0n) is 14.7. The highest BCUT2D eigenvalue weighted by molar-refractivity contribution is 8.00. The third-order valence-electron chi connectivity index (χ3n) is 4.19. The fourth-order valence-corrected chi connectivity index (χ4v) is 4.22. The molecule has 1 amide bonds. The molecule has 1 unspecified atom stereocenters. The lowest BCUT2D eigenvalue weighted by molar-refractivity contribution is -0.151. The average molecular weight is 396 g/mol. The molecule has 1 aliphatic heterocycles. The van der Waals surface area contributed by atoms with Gasteiger partial charge in [-0.05, 0) is 38.1 Å². The Bertz CT molecular complexity index is 739. The fourth-order valence-electron chi connectivity index (χ4n) is 2.81. The number of esters is 1. The van der Waals surface area contributed by atoms with E-state index in [0.717, 1.165) is 4.88 Å². The maximum absolute atomic E-state index is 12.6. The molecule has 2 aromatic rings. The van der Waals surface area contributed by atoms with E-state index in [0.29, 0.717) is 43.7 Å². The first-order valence-corrected chi connectivity index (χ1v) is 10.3. The standard InChI is InChI=1S/C17H21N3O4S2/c1-3-23-16(22)12-6-8-20(9-7-12)15(21)11(2)26-17-19-18-14(24-17)13-5-4-10-25-13/h4-5,10-12H,3,6-9H2,1-2H3. The topological polar surface area (TPSA) is 85.5 Å². The summed E-state index contributed by atoms with van der Waals surface area (Å²) in [6.07, 6.45) is 1.29. The lowest BCUT2D eigenvalue weighted by atomic mass is 9.97. The van der Waals surface area contributed by atoms with Crippen LogP contribution in [0.3, 0.4) is 0 Å². The Balaban J connectivity index is 1.52. The van der Waals surface area contributed by atoms with Crippen LogP contribution in [-0.4, -0.2) is 51.9 Å². The zero-order valence-corrected chi connectivity index (χ0v) is 16.3. The van der Waals surface area contributed by atoms with Crippen molar-refractivity contribution >= 4 is 35.0 Å². The number of thiophene rings is 1. The smallest absolute Gasteiger partial charge is 0.309 e. The predicted octanol–water partition coefficient (Wildman–Crippen LogP) is 3.08. The van der Waals surface area contributed by atoms with Gasteiger partial charge in [0.05, 0.1) is 22.7 Å². The number of likely N-dealkylation sites (tertiary alicyclic amines) is 1. The van der Waals surface area contributed by atoms with Crippen LogP contribution in [0.25, 0.3) is 10.8 Å². The van der Waals surface area contributed by atoms with Gasteiger partial charge in [-0.15, -0.1) is 21.5 Å². The van der Waals surface area contributed by atoms with Crippen LogP contribution in [0.4, 0.5) is 0 Å². The fraction of sp³-hybridized carbons (Fsp3) is 0.529. The van der Waals surface area contributed by atoms with E-state index >= 15 is 0 Å². The van der Waals surface area contributed by atoms with Crippen LogP contribution in [0.1, 0.15) is 26.7 Å². The van der Waals surface area contributed by atoms with Gasteiger partial charge in [0.1, 0.15) is 0 Å². The summed E-state index contributed by atoms with van der Waals surface area (Å²) >= 11 is 2.78. The Hall–Kier alpha value is -1.87. The van der Waals surface area contributed by atoms with Crippen molar-refractivity contribution in [1.82, 2.24) is 15.1 Å². The molecule has 140 valence electrons. The molecule has 0 aliphatic carbocycles. The SMILES string of the molecule is CCOC(=O)C1CCN(C(=O)C(C)Sc2nnc(-c3cccs3)o2)CC1. The van der Waals surface area contributed by atoms with Crippen molar-refractivity contribution in [2.75, 3.05) is 19.7 Å². The number of hydrogen-bond acceptors (Lipinski definition) is 8. The van der Waals surface area contributed by atoms with Gasteiger partial charge < -0.3 is 14.1 Å². The second-order valence-corrected chi connectivity index (χ2v) is 8.20. The first kappa shape index (κ1) is 18.9. The summed E-state index contributed by atoms with van der Waals surface area (Å²) < 4.78 is 10.7. The number of nitrogens with zero attached hydrogens (tertiary/aromatic N) is 3. The molecule has 2 aromatic heterocycles. The summed E-state index contributed by atoms with van der Waals surface area (Å²) in [6.45, 7) is 5.16. The lowest BCUT2D eigenvalue weighted by Gasteiger charge is -2.32. The molecular formula is C17H21N3O4S2. The van der Waals surface area contributed by atoms with Crippen molar-refractivity contribution in [2.45, 2.75) is 37.2 Å². The first-order valence-electron chi connectivity index (χ1n) is 8.58. The number of amides is 1. The van der Waals surface area contributed by atoms with Crippen molar-refractivity contribution < 1.29 is 18.7 Å².